The number of benzene rings is 2. The molecule has 0 heterocycles. The van der Waals surface area contributed by atoms with Crippen LogP contribution in [0.3, 0.4) is 0 Å². The third kappa shape index (κ3) is 8.05. The second-order valence-corrected chi connectivity index (χ2v) is 8.91. The summed E-state index contributed by atoms with van der Waals surface area (Å²) in [7, 11) is -4.09. The summed E-state index contributed by atoms with van der Waals surface area (Å²) in [5, 5.41) is 2.60. The van der Waals surface area contributed by atoms with E-state index in [9.17, 15) is 18.0 Å². The zero-order chi connectivity index (χ0) is 22.7. The zero-order valence-corrected chi connectivity index (χ0v) is 18.8. The predicted molar refractivity (Wildman–Crippen MR) is 121 cm³/mol. The lowest BCUT2D eigenvalue weighted by atomic mass is 10.1. The summed E-state index contributed by atoms with van der Waals surface area (Å²) < 4.78 is 32.4. The number of anilines is 1. The van der Waals surface area contributed by atoms with Crippen molar-refractivity contribution in [2.45, 2.75) is 57.3 Å². The average molecular weight is 447 g/mol. The van der Waals surface area contributed by atoms with E-state index in [4.69, 9.17) is 4.74 Å². The van der Waals surface area contributed by atoms with Crippen LogP contribution < -0.4 is 14.8 Å². The molecule has 2 aromatic carbocycles. The van der Waals surface area contributed by atoms with Gasteiger partial charge in [-0.05, 0) is 36.8 Å². The third-order valence-corrected chi connectivity index (χ3v) is 6.06. The van der Waals surface area contributed by atoms with E-state index in [1.807, 2.05) is 4.72 Å². The van der Waals surface area contributed by atoms with Gasteiger partial charge in [-0.3, -0.25) is 9.59 Å². The number of hydrogen-bond acceptors (Lipinski definition) is 5. The van der Waals surface area contributed by atoms with Gasteiger partial charge in [-0.1, -0.05) is 57.2 Å². The van der Waals surface area contributed by atoms with E-state index in [0.29, 0.717) is 17.9 Å². The Hall–Kier alpha value is -2.87. The molecular formula is C23H30N2O5S. The van der Waals surface area contributed by atoms with E-state index < -0.39 is 21.8 Å². The molecule has 0 radical (unpaired) electrons. The number of nitrogens with one attached hydrogen (secondary N) is 2. The van der Waals surface area contributed by atoms with E-state index in [1.54, 1.807) is 30.3 Å². The largest absolute Gasteiger partial charge is 0.494 e. The van der Waals surface area contributed by atoms with Crippen LogP contribution >= 0.6 is 0 Å². The lowest BCUT2D eigenvalue weighted by molar-refractivity contribution is -0.117. The summed E-state index contributed by atoms with van der Waals surface area (Å²) in [5.74, 6) is -0.604. The van der Waals surface area contributed by atoms with Crippen molar-refractivity contribution in [3.8, 4) is 5.75 Å². The van der Waals surface area contributed by atoms with Gasteiger partial charge in [0.2, 0.25) is 5.91 Å². The van der Waals surface area contributed by atoms with Gasteiger partial charge in [0.25, 0.3) is 15.9 Å². The Labute approximate surface area is 184 Å². The molecule has 2 amide bonds. The number of para-hydroxylation sites is 1. The smallest absolute Gasteiger partial charge is 0.266 e. The minimum absolute atomic E-state index is 0.0830. The van der Waals surface area contributed by atoms with Crippen molar-refractivity contribution < 1.29 is 22.7 Å². The molecule has 0 saturated heterocycles. The molecule has 0 saturated carbocycles. The Bertz CT molecular complexity index is 989. The first-order chi connectivity index (χ1) is 14.8. The monoisotopic (exact) mass is 446 g/mol. The first kappa shape index (κ1) is 24.4. The summed E-state index contributed by atoms with van der Waals surface area (Å²) in [5.41, 5.74) is 0.423. The Kier molecular flexibility index (Phi) is 9.52. The van der Waals surface area contributed by atoms with Crippen LogP contribution in [0.2, 0.25) is 0 Å². The summed E-state index contributed by atoms with van der Waals surface area (Å²) in [4.78, 5) is 23.7. The molecule has 0 fully saturated rings. The Morgan fingerprint density at radius 2 is 1.65 bits per heavy atom. The van der Waals surface area contributed by atoms with Gasteiger partial charge in [0, 0.05) is 12.5 Å². The van der Waals surface area contributed by atoms with E-state index in [0.717, 1.165) is 19.8 Å². The number of carbonyl (C=O) groups is 2. The summed E-state index contributed by atoms with van der Waals surface area (Å²) in [6, 6.07) is 12.6. The van der Waals surface area contributed by atoms with Gasteiger partial charge in [-0.25, -0.2) is 13.1 Å². The summed E-state index contributed by atoms with van der Waals surface area (Å²) in [6.45, 7) is 3.87. The van der Waals surface area contributed by atoms with Crippen LogP contribution in [0.5, 0.6) is 5.75 Å². The average Bonchev–Trinajstić information content (AvgIpc) is 2.72. The first-order valence-corrected chi connectivity index (χ1v) is 12.0. The van der Waals surface area contributed by atoms with E-state index in [2.05, 4.69) is 12.2 Å². The maximum atomic E-state index is 12.7. The van der Waals surface area contributed by atoms with Crippen molar-refractivity contribution in [1.82, 2.24) is 4.72 Å². The third-order valence-electron chi connectivity index (χ3n) is 4.57. The van der Waals surface area contributed by atoms with E-state index in [-0.39, 0.29) is 10.6 Å². The topological polar surface area (TPSA) is 102 Å². The molecule has 0 aliphatic carbocycles. The maximum Gasteiger partial charge on any atom is 0.266 e. The van der Waals surface area contributed by atoms with Crippen LogP contribution in [-0.2, 0) is 14.8 Å². The predicted octanol–water partition coefficient (Wildman–Crippen LogP) is 4.50. The minimum Gasteiger partial charge on any atom is -0.494 e. The first-order valence-electron chi connectivity index (χ1n) is 10.5. The highest BCUT2D eigenvalue weighted by molar-refractivity contribution is 7.90. The standard InChI is InChI=1S/C23H30N2O5S/c1-3-4-5-6-7-10-16-30-20-13-11-12-19(17-20)23(27)24-21-14-8-9-15-22(21)31(28,29)25-18(2)26/h8-9,11-15,17H,3-7,10,16H2,1-2H3,(H,24,27)(H,25,26). The summed E-state index contributed by atoms with van der Waals surface area (Å²) >= 11 is 0. The molecule has 0 atom stereocenters. The fourth-order valence-electron chi connectivity index (χ4n) is 3.04. The van der Waals surface area contributed by atoms with E-state index >= 15 is 0 Å². The lowest BCUT2D eigenvalue weighted by Gasteiger charge is -2.12. The van der Waals surface area contributed by atoms with Gasteiger partial charge in [-0.2, -0.15) is 0 Å². The number of carbonyl (C=O) groups excluding carboxylic acids is 2. The quantitative estimate of drug-likeness (QED) is 0.467. The van der Waals surface area contributed by atoms with Crippen molar-refractivity contribution in [3.63, 3.8) is 0 Å². The molecule has 0 unspecified atom stereocenters. The van der Waals surface area contributed by atoms with Crippen molar-refractivity contribution in [3.05, 3.63) is 54.1 Å². The molecule has 0 bridgehead atoms. The second-order valence-electron chi connectivity index (χ2n) is 7.26. The number of amides is 2. The van der Waals surface area contributed by atoms with Crippen LogP contribution in [0, 0.1) is 0 Å². The maximum absolute atomic E-state index is 12.7. The van der Waals surface area contributed by atoms with Crippen LogP contribution in [-0.4, -0.2) is 26.8 Å². The molecule has 2 rings (SSSR count). The highest BCUT2D eigenvalue weighted by atomic mass is 32.2. The van der Waals surface area contributed by atoms with Crippen LogP contribution in [0.4, 0.5) is 5.69 Å². The van der Waals surface area contributed by atoms with Crippen LogP contribution in [0.1, 0.15) is 62.7 Å². The van der Waals surface area contributed by atoms with Crippen molar-refractivity contribution in [2.75, 3.05) is 11.9 Å². The number of unbranched alkanes of at least 4 members (excludes halogenated alkanes) is 5. The van der Waals surface area contributed by atoms with Gasteiger partial charge < -0.3 is 10.1 Å². The van der Waals surface area contributed by atoms with Gasteiger partial charge >= 0.3 is 0 Å². The van der Waals surface area contributed by atoms with Crippen LogP contribution in [0.15, 0.2) is 53.4 Å². The van der Waals surface area contributed by atoms with Crippen molar-refractivity contribution in [1.29, 1.82) is 0 Å². The molecule has 8 heteroatoms. The Morgan fingerprint density at radius 1 is 0.935 bits per heavy atom. The Balaban J connectivity index is 2.01. The molecule has 2 aromatic rings. The fourth-order valence-corrected chi connectivity index (χ4v) is 4.20. The van der Waals surface area contributed by atoms with Crippen LogP contribution in [0.25, 0.3) is 0 Å². The molecule has 2 N–H and O–H groups in total. The van der Waals surface area contributed by atoms with Gasteiger partial charge in [0.1, 0.15) is 10.6 Å². The normalized spacial score (nSPS) is 11.0. The molecule has 0 aliphatic heterocycles. The highest BCUT2D eigenvalue weighted by Crippen LogP contribution is 2.22. The number of rotatable bonds is 12. The molecular weight excluding hydrogens is 416 g/mol. The number of sulfonamides is 1. The molecule has 0 aliphatic rings. The lowest BCUT2D eigenvalue weighted by Crippen LogP contribution is -2.29. The molecule has 168 valence electrons. The Morgan fingerprint density at radius 3 is 2.39 bits per heavy atom. The van der Waals surface area contributed by atoms with E-state index in [1.165, 1.54) is 43.9 Å². The molecule has 31 heavy (non-hydrogen) atoms. The summed E-state index contributed by atoms with van der Waals surface area (Å²) in [6.07, 6.45) is 6.97. The van der Waals surface area contributed by atoms with Gasteiger partial charge in [-0.15, -0.1) is 0 Å². The zero-order valence-electron chi connectivity index (χ0n) is 18.0. The van der Waals surface area contributed by atoms with Gasteiger partial charge in [0.15, 0.2) is 0 Å². The second kappa shape index (κ2) is 12.1. The minimum atomic E-state index is -4.09. The van der Waals surface area contributed by atoms with Crippen molar-refractivity contribution in [2.24, 2.45) is 0 Å². The van der Waals surface area contributed by atoms with Crippen molar-refractivity contribution >= 4 is 27.5 Å². The highest BCUT2D eigenvalue weighted by Gasteiger charge is 2.21. The van der Waals surface area contributed by atoms with Gasteiger partial charge in [0.05, 0.1) is 12.3 Å². The number of ether oxygens (including phenoxy) is 1. The SMILES string of the molecule is CCCCCCCCOc1cccc(C(=O)Nc2ccccc2S(=O)(=O)NC(C)=O)c1. The number of hydrogen-bond donors (Lipinski definition) is 2. The molecule has 7 nitrogen and oxygen atoms in total. The molecule has 0 aromatic heterocycles. The fraction of sp³-hybridized carbons (Fsp3) is 0.391. The molecule has 0 spiro atoms.